The van der Waals surface area contributed by atoms with Gasteiger partial charge in [-0.3, -0.25) is 4.79 Å². The Morgan fingerprint density at radius 1 is 1.19 bits per heavy atom. The van der Waals surface area contributed by atoms with Crippen LogP contribution in [0.4, 0.5) is 5.69 Å². The van der Waals surface area contributed by atoms with E-state index in [2.05, 4.69) is 26.8 Å². The van der Waals surface area contributed by atoms with Crippen LogP contribution < -0.4 is 4.90 Å². The molecule has 1 N–H and O–H groups in total. The molecule has 0 spiro atoms. The molecule has 27 heavy (non-hydrogen) atoms. The first-order valence-corrected chi connectivity index (χ1v) is 9.11. The third-order valence-electron chi connectivity index (χ3n) is 5.75. The number of hydrogen-bond acceptors (Lipinski definition) is 4. The van der Waals surface area contributed by atoms with Crippen molar-refractivity contribution in [2.24, 2.45) is 5.16 Å². The van der Waals surface area contributed by atoms with Crippen molar-refractivity contribution < 1.29 is 10.0 Å². The van der Waals surface area contributed by atoms with Gasteiger partial charge >= 0.3 is 0 Å². The van der Waals surface area contributed by atoms with Gasteiger partial charge in [0.1, 0.15) is 6.17 Å². The number of nitrogens with zero attached hydrogens (tertiary/aromatic N) is 4. The van der Waals surface area contributed by atoms with Gasteiger partial charge in [0.2, 0.25) is 0 Å². The van der Waals surface area contributed by atoms with Crippen LogP contribution in [0.2, 0.25) is 0 Å². The number of carbonyl (C=O) groups is 1. The molecule has 0 saturated heterocycles. The van der Waals surface area contributed by atoms with Crippen LogP contribution in [0.5, 0.6) is 0 Å². The lowest BCUT2D eigenvalue weighted by Gasteiger charge is -2.46. The van der Waals surface area contributed by atoms with E-state index < -0.39 is 0 Å². The van der Waals surface area contributed by atoms with E-state index in [9.17, 15) is 4.79 Å². The molecule has 1 aromatic heterocycles. The summed E-state index contributed by atoms with van der Waals surface area (Å²) in [5, 5.41) is 13.4. The molecule has 3 heterocycles. The van der Waals surface area contributed by atoms with Crippen LogP contribution in [0, 0.1) is 0 Å². The molecule has 5 rings (SSSR count). The Morgan fingerprint density at radius 2 is 1.96 bits per heavy atom. The van der Waals surface area contributed by atoms with Crippen LogP contribution in [0.1, 0.15) is 27.8 Å². The Kier molecular flexibility index (Phi) is 3.47. The highest BCUT2D eigenvalue weighted by Crippen LogP contribution is 2.44. The van der Waals surface area contributed by atoms with Gasteiger partial charge in [0.25, 0.3) is 5.91 Å². The zero-order chi connectivity index (χ0) is 18.5. The number of benzene rings is 2. The highest BCUT2D eigenvalue weighted by Gasteiger charge is 2.42. The van der Waals surface area contributed by atoms with Crippen molar-refractivity contribution in [1.29, 1.82) is 0 Å². The number of carbonyl (C=O) groups excluding carboxylic acids is 1. The Labute approximate surface area is 156 Å². The van der Waals surface area contributed by atoms with Gasteiger partial charge in [-0.05, 0) is 30.2 Å². The van der Waals surface area contributed by atoms with Crippen LogP contribution in [-0.2, 0) is 13.0 Å². The first kappa shape index (κ1) is 15.9. The predicted octanol–water partition coefficient (Wildman–Crippen LogP) is 3.25. The van der Waals surface area contributed by atoms with Gasteiger partial charge in [-0.25, -0.2) is 0 Å². The number of fused-ring (bicyclic) bond motifs is 6. The standard InChI is InChI=1S/C21H20N4O2/c1-23-17-8-4-3-7-16(17)21(26)25-12-10-15-14-6-2-5-9-18(14)24(13-11-22-27)19(15)20(23)25/h2-9,11,20,27H,10,12-13H2,1H3/b22-11+/t20-/m0/s1. The van der Waals surface area contributed by atoms with E-state index in [1.165, 1.54) is 17.2 Å². The molecule has 136 valence electrons. The summed E-state index contributed by atoms with van der Waals surface area (Å²) in [5.74, 6) is 0.0759. The normalized spacial score (nSPS) is 18.7. The fraction of sp³-hybridized carbons (Fsp3) is 0.238. The highest BCUT2D eigenvalue weighted by atomic mass is 16.4. The summed E-state index contributed by atoms with van der Waals surface area (Å²) in [5.41, 5.74) is 5.18. The Morgan fingerprint density at radius 3 is 2.81 bits per heavy atom. The topological polar surface area (TPSA) is 61.1 Å². The second-order valence-electron chi connectivity index (χ2n) is 7.04. The summed E-state index contributed by atoms with van der Waals surface area (Å²) in [6.45, 7) is 1.15. The van der Waals surface area contributed by atoms with E-state index >= 15 is 0 Å². The summed E-state index contributed by atoms with van der Waals surface area (Å²) in [6, 6.07) is 16.1. The molecule has 2 aromatic carbocycles. The number of aromatic nitrogens is 1. The van der Waals surface area contributed by atoms with Crippen LogP contribution in [0.15, 0.2) is 53.7 Å². The molecule has 2 aliphatic rings. The lowest BCUT2D eigenvalue weighted by Crippen LogP contribution is -2.51. The van der Waals surface area contributed by atoms with Gasteiger partial charge < -0.3 is 19.6 Å². The number of para-hydroxylation sites is 2. The highest BCUT2D eigenvalue weighted by molar-refractivity contribution is 6.02. The van der Waals surface area contributed by atoms with Gasteiger partial charge in [0.15, 0.2) is 0 Å². The second-order valence-corrected chi connectivity index (χ2v) is 7.04. The molecule has 2 aliphatic heterocycles. The minimum atomic E-state index is -0.171. The van der Waals surface area contributed by atoms with Crippen LogP contribution in [-0.4, -0.2) is 40.4 Å². The molecule has 0 bridgehead atoms. The van der Waals surface area contributed by atoms with E-state index in [4.69, 9.17) is 5.21 Å². The third-order valence-corrected chi connectivity index (χ3v) is 5.75. The Bertz CT molecular complexity index is 1080. The zero-order valence-corrected chi connectivity index (χ0v) is 15.0. The molecular weight excluding hydrogens is 340 g/mol. The van der Waals surface area contributed by atoms with Crippen LogP contribution in [0.3, 0.4) is 0 Å². The fourth-order valence-electron chi connectivity index (χ4n) is 4.62. The summed E-state index contributed by atoms with van der Waals surface area (Å²) in [4.78, 5) is 17.3. The molecule has 1 atom stereocenters. The van der Waals surface area contributed by atoms with Crippen LogP contribution >= 0.6 is 0 Å². The molecule has 0 saturated carbocycles. The van der Waals surface area contributed by atoms with Crippen molar-refractivity contribution in [3.63, 3.8) is 0 Å². The Hall–Kier alpha value is -3.28. The maximum Gasteiger partial charge on any atom is 0.257 e. The number of hydrogen-bond donors (Lipinski definition) is 1. The third kappa shape index (κ3) is 2.13. The van der Waals surface area contributed by atoms with Gasteiger partial charge in [-0.15, -0.1) is 5.16 Å². The molecule has 3 aromatic rings. The molecule has 0 unspecified atom stereocenters. The molecule has 1 amide bonds. The summed E-state index contributed by atoms with van der Waals surface area (Å²) in [6.07, 6.45) is 2.14. The first-order valence-electron chi connectivity index (χ1n) is 9.11. The minimum Gasteiger partial charge on any atom is -0.411 e. The van der Waals surface area contributed by atoms with Crippen molar-refractivity contribution in [2.75, 3.05) is 18.5 Å². The maximum atomic E-state index is 13.2. The molecule has 6 heteroatoms. The van der Waals surface area contributed by atoms with Crippen molar-refractivity contribution >= 4 is 28.7 Å². The number of amides is 1. The molecule has 0 fully saturated rings. The smallest absolute Gasteiger partial charge is 0.257 e. The molecule has 6 nitrogen and oxygen atoms in total. The van der Waals surface area contributed by atoms with E-state index in [1.807, 2.05) is 48.3 Å². The van der Waals surface area contributed by atoms with Gasteiger partial charge in [0.05, 0.1) is 29.7 Å². The summed E-state index contributed by atoms with van der Waals surface area (Å²) in [7, 11) is 2.04. The second kappa shape index (κ2) is 5.87. The summed E-state index contributed by atoms with van der Waals surface area (Å²) < 4.78 is 2.17. The quantitative estimate of drug-likeness (QED) is 0.434. The SMILES string of the molecule is CN1c2ccccc2C(=O)N2CCc3c(n(C/C=N/O)c4ccccc34)[C@H]21. The number of oxime groups is 1. The van der Waals surface area contributed by atoms with E-state index in [0.29, 0.717) is 13.1 Å². The van der Waals surface area contributed by atoms with Gasteiger partial charge in [0, 0.05) is 24.5 Å². The van der Waals surface area contributed by atoms with E-state index in [1.54, 1.807) is 0 Å². The van der Waals surface area contributed by atoms with Gasteiger partial charge in [-0.2, -0.15) is 0 Å². The van der Waals surface area contributed by atoms with Crippen molar-refractivity contribution in [3.8, 4) is 0 Å². The lowest BCUT2D eigenvalue weighted by molar-refractivity contribution is 0.0630. The number of rotatable bonds is 2. The average Bonchev–Trinajstić information content (AvgIpc) is 3.04. The molecule has 0 radical (unpaired) electrons. The van der Waals surface area contributed by atoms with E-state index in [0.717, 1.165) is 28.9 Å². The van der Waals surface area contributed by atoms with Gasteiger partial charge in [-0.1, -0.05) is 30.3 Å². The van der Waals surface area contributed by atoms with Crippen molar-refractivity contribution in [2.45, 2.75) is 19.1 Å². The van der Waals surface area contributed by atoms with E-state index in [-0.39, 0.29) is 12.1 Å². The fourth-order valence-corrected chi connectivity index (χ4v) is 4.62. The van der Waals surface area contributed by atoms with Crippen molar-refractivity contribution in [3.05, 3.63) is 65.4 Å². The molecule has 0 aliphatic carbocycles. The predicted molar refractivity (Wildman–Crippen MR) is 105 cm³/mol. The number of anilines is 1. The molecular formula is C21H20N4O2. The summed E-state index contributed by atoms with van der Waals surface area (Å²) >= 11 is 0. The minimum absolute atomic E-state index is 0.0759. The Balaban J connectivity index is 1.77. The first-order chi connectivity index (χ1) is 13.2. The maximum absolute atomic E-state index is 13.2. The average molecular weight is 360 g/mol. The largest absolute Gasteiger partial charge is 0.411 e. The monoisotopic (exact) mass is 360 g/mol. The zero-order valence-electron chi connectivity index (χ0n) is 15.0. The van der Waals surface area contributed by atoms with Crippen molar-refractivity contribution in [1.82, 2.24) is 9.47 Å². The van der Waals surface area contributed by atoms with Crippen LogP contribution in [0.25, 0.3) is 10.9 Å². The lowest BCUT2D eigenvalue weighted by atomic mass is 9.96.